The molecule has 1 fully saturated rings. The number of hydrogen-bond donors (Lipinski definition) is 3. The molecule has 0 bridgehead atoms. The molecule has 1 heterocycles. The number of carbonyl (C=O) groups is 3. The summed E-state index contributed by atoms with van der Waals surface area (Å²) in [7, 11) is 3.02. The Bertz CT molecular complexity index is 401. The lowest BCUT2D eigenvalue weighted by atomic mass is 10.1. The van der Waals surface area contributed by atoms with Crippen LogP contribution in [-0.2, 0) is 9.59 Å². The van der Waals surface area contributed by atoms with Gasteiger partial charge in [0.05, 0.1) is 12.0 Å². The Kier molecular flexibility index (Phi) is 5.32. The van der Waals surface area contributed by atoms with Crippen molar-refractivity contribution in [2.24, 2.45) is 5.92 Å². The number of nitrogens with one attached hydrogen (secondary N) is 1. The molecule has 3 atom stereocenters. The maximum Gasteiger partial charge on any atom is 0.326 e. The maximum atomic E-state index is 12.2. The zero-order valence-electron chi connectivity index (χ0n) is 11.9. The van der Waals surface area contributed by atoms with Crippen LogP contribution in [0.2, 0.25) is 0 Å². The second-order valence-electron chi connectivity index (χ2n) is 5.07. The zero-order valence-corrected chi connectivity index (χ0v) is 11.9. The van der Waals surface area contributed by atoms with E-state index in [0.717, 1.165) is 4.90 Å². The average molecular weight is 287 g/mol. The Morgan fingerprint density at radius 1 is 1.45 bits per heavy atom. The summed E-state index contributed by atoms with van der Waals surface area (Å²) in [5, 5.41) is 21.1. The monoisotopic (exact) mass is 287 g/mol. The van der Waals surface area contributed by atoms with Crippen LogP contribution in [0.5, 0.6) is 0 Å². The van der Waals surface area contributed by atoms with Gasteiger partial charge in [-0.05, 0) is 0 Å². The predicted octanol–water partition coefficient (Wildman–Crippen LogP) is -1.06. The number of urea groups is 1. The first kappa shape index (κ1) is 16.2. The number of rotatable bonds is 4. The Morgan fingerprint density at radius 2 is 2.05 bits per heavy atom. The molecule has 1 rings (SSSR count). The predicted molar refractivity (Wildman–Crippen MR) is 70.0 cm³/mol. The standard InChI is InChI=1S/C12H21N3O5/c1-7(10(17)13-2)5-14(3)12(20)15-6-8(16)4-9(15)11(18)19/h7-9,16H,4-6H2,1-3H3,(H,13,17)(H,18,19)/t7?,8-,9-/m0/s1. The Balaban J connectivity index is 2.68. The maximum absolute atomic E-state index is 12.2. The van der Waals surface area contributed by atoms with Gasteiger partial charge in [-0.25, -0.2) is 9.59 Å². The van der Waals surface area contributed by atoms with Gasteiger partial charge in [0.25, 0.3) is 0 Å². The molecule has 8 nitrogen and oxygen atoms in total. The van der Waals surface area contributed by atoms with Crippen molar-refractivity contribution in [1.82, 2.24) is 15.1 Å². The van der Waals surface area contributed by atoms with E-state index in [1.165, 1.54) is 19.0 Å². The molecule has 1 aliphatic heterocycles. The summed E-state index contributed by atoms with van der Waals surface area (Å²) in [4.78, 5) is 37.1. The highest BCUT2D eigenvalue weighted by Gasteiger charge is 2.40. The highest BCUT2D eigenvalue weighted by molar-refractivity contribution is 5.84. The molecule has 8 heteroatoms. The normalized spacial score (nSPS) is 23.3. The van der Waals surface area contributed by atoms with Crippen LogP contribution in [0, 0.1) is 5.92 Å². The van der Waals surface area contributed by atoms with E-state index in [4.69, 9.17) is 5.11 Å². The molecule has 0 saturated carbocycles. The molecule has 0 aliphatic carbocycles. The summed E-state index contributed by atoms with van der Waals surface area (Å²) in [6.07, 6.45) is -0.801. The van der Waals surface area contributed by atoms with Crippen molar-refractivity contribution in [3.05, 3.63) is 0 Å². The van der Waals surface area contributed by atoms with Crippen LogP contribution in [0.25, 0.3) is 0 Å². The molecule has 1 unspecified atom stereocenters. The molecule has 1 aliphatic rings. The fourth-order valence-electron chi connectivity index (χ4n) is 2.30. The van der Waals surface area contributed by atoms with Gasteiger partial charge in [-0.2, -0.15) is 0 Å². The molecule has 0 aromatic carbocycles. The number of carboxylic acids is 1. The second kappa shape index (κ2) is 6.56. The lowest BCUT2D eigenvalue weighted by molar-refractivity contribution is -0.141. The van der Waals surface area contributed by atoms with E-state index in [1.54, 1.807) is 6.92 Å². The number of carboxylic acid groups (broad SMARTS) is 1. The molecular formula is C12H21N3O5. The third-order valence-corrected chi connectivity index (χ3v) is 3.38. The van der Waals surface area contributed by atoms with Gasteiger partial charge in [-0.3, -0.25) is 4.79 Å². The third-order valence-electron chi connectivity index (χ3n) is 3.38. The van der Waals surface area contributed by atoms with E-state index >= 15 is 0 Å². The number of aliphatic carboxylic acids is 1. The van der Waals surface area contributed by atoms with Crippen LogP contribution in [0.3, 0.4) is 0 Å². The van der Waals surface area contributed by atoms with Crippen LogP contribution >= 0.6 is 0 Å². The van der Waals surface area contributed by atoms with E-state index < -0.39 is 30.1 Å². The molecule has 0 aromatic heterocycles. The van der Waals surface area contributed by atoms with Crippen molar-refractivity contribution < 1.29 is 24.6 Å². The average Bonchev–Trinajstić information content (AvgIpc) is 2.78. The number of carbonyl (C=O) groups excluding carboxylic acids is 2. The Labute approximate surface area is 117 Å². The van der Waals surface area contributed by atoms with E-state index in [0.29, 0.717) is 0 Å². The summed E-state index contributed by atoms with van der Waals surface area (Å²) in [6, 6.07) is -1.51. The summed E-state index contributed by atoms with van der Waals surface area (Å²) in [5.74, 6) is -1.73. The molecule has 0 radical (unpaired) electrons. The van der Waals surface area contributed by atoms with E-state index in [1.807, 2.05) is 0 Å². The van der Waals surface area contributed by atoms with Crippen molar-refractivity contribution in [1.29, 1.82) is 0 Å². The first-order chi connectivity index (χ1) is 9.27. The van der Waals surface area contributed by atoms with Crippen LogP contribution in [-0.4, -0.2) is 77.3 Å². The van der Waals surface area contributed by atoms with Gasteiger partial charge in [0.1, 0.15) is 6.04 Å². The number of amides is 3. The van der Waals surface area contributed by atoms with E-state index in [9.17, 15) is 19.5 Å². The molecule has 3 N–H and O–H groups in total. The number of nitrogens with zero attached hydrogens (tertiary/aromatic N) is 2. The molecule has 1 saturated heterocycles. The number of aliphatic hydroxyl groups excluding tert-OH is 1. The fraction of sp³-hybridized carbons (Fsp3) is 0.750. The fourth-order valence-corrected chi connectivity index (χ4v) is 2.30. The highest BCUT2D eigenvalue weighted by atomic mass is 16.4. The third kappa shape index (κ3) is 3.60. The minimum Gasteiger partial charge on any atom is -0.480 e. The van der Waals surface area contributed by atoms with Crippen molar-refractivity contribution in [3.8, 4) is 0 Å². The minimum absolute atomic E-state index is 0.00546. The number of likely N-dealkylation sites (tertiary alicyclic amines) is 1. The minimum atomic E-state index is -1.14. The van der Waals surface area contributed by atoms with Gasteiger partial charge < -0.3 is 25.3 Å². The van der Waals surface area contributed by atoms with E-state index in [-0.39, 0.29) is 25.4 Å². The molecule has 114 valence electrons. The Hall–Kier alpha value is -1.83. The Morgan fingerprint density at radius 3 is 2.55 bits per heavy atom. The molecular weight excluding hydrogens is 266 g/mol. The van der Waals surface area contributed by atoms with Gasteiger partial charge in [-0.15, -0.1) is 0 Å². The summed E-state index contributed by atoms with van der Waals surface area (Å²) >= 11 is 0. The first-order valence-electron chi connectivity index (χ1n) is 6.42. The van der Waals surface area contributed by atoms with Crippen molar-refractivity contribution >= 4 is 17.9 Å². The van der Waals surface area contributed by atoms with Gasteiger partial charge in [0.2, 0.25) is 5.91 Å². The summed E-state index contributed by atoms with van der Waals surface area (Å²) in [5.41, 5.74) is 0. The number of hydrogen-bond acceptors (Lipinski definition) is 4. The number of β-amino-alcohol motifs (C(OH)–C–C–N with tert-alkyl or cyclic N) is 1. The van der Waals surface area contributed by atoms with Crippen LogP contribution in [0.4, 0.5) is 4.79 Å². The smallest absolute Gasteiger partial charge is 0.326 e. The second-order valence-corrected chi connectivity index (χ2v) is 5.07. The lowest BCUT2D eigenvalue weighted by Gasteiger charge is -2.28. The van der Waals surface area contributed by atoms with Crippen LogP contribution < -0.4 is 5.32 Å². The molecule has 20 heavy (non-hydrogen) atoms. The lowest BCUT2D eigenvalue weighted by Crippen LogP contribution is -2.48. The van der Waals surface area contributed by atoms with Gasteiger partial charge in [-0.1, -0.05) is 6.92 Å². The first-order valence-corrected chi connectivity index (χ1v) is 6.42. The summed E-state index contributed by atoms with van der Waals surface area (Å²) < 4.78 is 0. The van der Waals surface area contributed by atoms with Crippen molar-refractivity contribution in [2.75, 3.05) is 27.2 Å². The molecule has 0 aromatic rings. The zero-order chi connectivity index (χ0) is 15.4. The van der Waals surface area contributed by atoms with Crippen molar-refractivity contribution in [3.63, 3.8) is 0 Å². The molecule has 3 amide bonds. The quantitative estimate of drug-likeness (QED) is 0.610. The van der Waals surface area contributed by atoms with Crippen LogP contribution in [0.1, 0.15) is 13.3 Å². The van der Waals surface area contributed by atoms with Gasteiger partial charge in [0, 0.05) is 33.6 Å². The van der Waals surface area contributed by atoms with Gasteiger partial charge in [0.15, 0.2) is 0 Å². The van der Waals surface area contributed by atoms with Gasteiger partial charge >= 0.3 is 12.0 Å². The summed E-state index contributed by atoms with van der Waals surface area (Å²) in [6.45, 7) is 1.85. The molecule has 0 spiro atoms. The number of aliphatic hydroxyl groups is 1. The van der Waals surface area contributed by atoms with E-state index in [2.05, 4.69) is 5.32 Å². The SMILES string of the molecule is CNC(=O)C(C)CN(C)C(=O)N1C[C@@H](O)C[C@H]1C(=O)O. The topological polar surface area (TPSA) is 110 Å². The van der Waals surface area contributed by atoms with Crippen molar-refractivity contribution in [2.45, 2.75) is 25.5 Å². The highest BCUT2D eigenvalue weighted by Crippen LogP contribution is 2.20. The van der Waals surface area contributed by atoms with Crippen LogP contribution in [0.15, 0.2) is 0 Å². The largest absolute Gasteiger partial charge is 0.480 e.